The Morgan fingerprint density at radius 2 is 1.92 bits per heavy atom. The van der Waals surface area contributed by atoms with Crippen molar-refractivity contribution in [2.75, 3.05) is 11.9 Å². The van der Waals surface area contributed by atoms with E-state index in [2.05, 4.69) is 73.1 Å². The molecule has 2 aliphatic heterocycles. The lowest BCUT2D eigenvalue weighted by Gasteiger charge is -2.43. The molecule has 3 heterocycles. The summed E-state index contributed by atoms with van der Waals surface area (Å²) in [6, 6.07) is 12.7. The smallest absolute Gasteiger partial charge is 0.159 e. The quantitative estimate of drug-likeness (QED) is 0.585. The second-order valence-corrected chi connectivity index (χ2v) is 6.88. The second-order valence-electron chi connectivity index (χ2n) is 6.88. The van der Waals surface area contributed by atoms with Crippen molar-refractivity contribution in [1.29, 1.82) is 0 Å². The van der Waals surface area contributed by atoms with Crippen LogP contribution in [0.25, 0.3) is 21.9 Å². The zero-order valence-electron chi connectivity index (χ0n) is 13.9. The predicted molar refractivity (Wildman–Crippen MR) is 99.0 cm³/mol. The number of hydrogen-bond acceptors (Lipinski definition) is 3. The molecule has 120 valence electrons. The number of nitrogens with zero attached hydrogens (tertiary/aromatic N) is 2. The molecule has 24 heavy (non-hydrogen) atoms. The molecule has 2 aromatic carbocycles. The highest BCUT2D eigenvalue weighted by atomic mass is 16.3. The number of allylic oxidation sites excluding steroid dienone is 1. The van der Waals surface area contributed by atoms with Crippen LogP contribution in [0.5, 0.6) is 0 Å². The molecule has 3 unspecified atom stereocenters. The Morgan fingerprint density at radius 1 is 1.08 bits per heavy atom. The van der Waals surface area contributed by atoms with Crippen molar-refractivity contribution >= 4 is 27.6 Å². The molecule has 0 spiro atoms. The van der Waals surface area contributed by atoms with E-state index < -0.39 is 0 Å². The maximum absolute atomic E-state index is 6.29. The summed E-state index contributed by atoms with van der Waals surface area (Å²) in [5, 5.41) is 2.36. The molecule has 0 saturated heterocycles. The summed E-state index contributed by atoms with van der Waals surface area (Å²) in [5.41, 5.74) is 4.43. The number of para-hydroxylation sites is 1. The van der Waals surface area contributed by atoms with Crippen LogP contribution in [-0.2, 0) is 0 Å². The van der Waals surface area contributed by atoms with Gasteiger partial charge in [0.1, 0.15) is 11.7 Å². The molecular formula is C21H20N2O. The van der Waals surface area contributed by atoms with Gasteiger partial charge in [-0.1, -0.05) is 43.3 Å². The summed E-state index contributed by atoms with van der Waals surface area (Å²) in [4.78, 5) is 4.65. The average Bonchev–Trinajstić information content (AvgIpc) is 3.16. The van der Waals surface area contributed by atoms with Crippen molar-refractivity contribution in [1.82, 2.24) is 4.90 Å². The van der Waals surface area contributed by atoms with E-state index in [1.807, 2.05) is 12.1 Å². The third kappa shape index (κ3) is 1.57. The van der Waals surface area contributed by atoms with Gasteiger partial charge in [-0.2, -0.15) is 0 Å². The predicted octanol–water partition coefficient (Wildman–Crippen LogP) is 5.05. The van der Waals surface area contributed by atoms with Crippen LogP contribution in [0.4, 0.5) is 5.69 Å². The van der Waals surface area contributed by atoms with Gasteiger partial charge in [-0.25, -0.2) is 0 Å². The van der Waals surface area contributed by atoms with Crippen LogP contribution in [0.2, 0.25) is 0 Å². The van der Waals surface area contributed by atoms with Gasteiger partial charge in [-0.3, -0.25) is 0 Å². The minimum Gasteiger partial charge on any atom is -0.454 e. The van der Waals surface area contributed by atoms with Crippen LogP contribution in [-0.4, -0.2) is 18.1 Å². The van der Waals surface area contributed by atoms with E-state index in [9.17, 15) is 0 Å². The van der Waals surface area contributed by atoms with Gasteiger partial charge >= 0.3 is 0 Å². The first-order chi connectivity index (χ1) is 11.7. The van der Waals surface area contributed by atoms with Crippen LogP contribution in [0.3, 0.4) is 0 Å². The molecule has 0 bridgehead atoms. The molecule has 0 saturated carbocycles. The van der Waals surface area contributed by atoms with Crippen molar-refractivity contribution in [3.63, 3.8) is 0 Å². The van der Waals surface area contributed by atoms with Crippen molar-refractivity contribution < 1.29 is 4.42 Å². The molecule has 1 aromatic heterocycles. The molecule has 3 atom stereocenters. The van der Waals surface area contributed by atoms with Crippen molar-refractivity contribution in [2.45, 2.75) is 19.0 Å². The number of hydrogen-bond donors (Lipinski definition) is 0. The minimum absolute atomic E-state index is 0.305. The molecule has 3 nitrogen and oxygen atoms in total. The van der Waals surface area contributed by atoms with Gasteiger partial charge in [0.2, 0.25) is 0 Å². The van der Waals surface area contributed by atoms with Gasteiger partial charge in [-0.05, 0) is 11.6 Å². The van der Waals surface area contributed by atoms with E-state index >= 15 is 0 Å². The van der Waals surface area contributed by atoms with Crippen molar-refractivity contribution in [3.8, 4) is 0 Å². The Hall–Kier alpha value is -2.68. The second kappa shape index (κ2) is 4.67. The first-order valence-corrected chi connectivity index (χ1v) is 8.46. The number of benzene rings is 2. The molecule has 0 N–H and O–H groups in total. The van der Waals surface area contributed by atoms with Crippen molar-refractivity contribution in [2.24, 2.45) is 5.92 Å². The lowest BCUT2D eigenvalue weighted by Crippen LogP contribution is -2.47. The van der Waals surface area contributed by atoms with Gasteiger partial charge in [0.05, 0.1) is 5.69 Å². The van der Waals surface area contributed by atoms with Gasteiger partial charge in [-0.15, -0.1) is 6.58 Å². The van der Waals surface area contributed by atoms with E-state index in [1.54, 1.807) is 0 Å². The largest absolute Gasteiger partial charge is 0.454 e. The summed E-state index contributed by atoms with van der Waals surface area (Å²) in [6.07, 6.45) is 6.71. The van der Waals surface area contributed by atoms with Crippen LogP contribution >= 0.6 is 0 Å². The zero-order valence-corrected chi connectivity index (χ0v) is 13.9. The van der Waals surface area contributed by atoms with E-state index in [1.165, 1.54) is 22.0 Å². The van der Waals surface area contributed by atoms with E-state index in [0.29, 0.717) is 18.0 Å². The van der Waals surface area contributed by atoms with Crippen LogP contribution in [0, 0.1) is 5.92 Å². The standard InChI is InChI=1S/C21H20N2O/c1-4-14-13(2)21-22(3)11-12-23(21)19-16(14)9-10-17-15-7-5-6-8-18(15)24-20(17)19/h4-14,21H,1H2,2-3H3. The topological polar surface area (TPSA) is 19.6 Å². The van der Waals surface area contributed by atoms with E-state index in [0.717, 1.165) is 11.2 Å². The molecule has 0 radical (unpaired) electrons. The third-order valence-corrected chi connectivity index (χ3v) is 5.62. The molecule has 2 aliphatic rings. The normalized spacial score (nSPS) is 25.3. The maximum atomic E-state index is 6.29. The Bertz CT molecular complexity index is 1000. The molecule has 3 heteroatoms. The Morgan fingerprint density at radius 3 is 2.75 bits per heavy atom. The molecule has 3 aromatic rings. The van der Waals surface area contributed by atoms with Crippen LogP contribution in [0.15, 0.2) is 65.9 Å². The van der Waals surface area contributed by atoms with Gasteiger partial charge in [0.25, 0.3) is 0 Å². The summed E-state index contributed by atoms with van der Waals surface area (Å²) < 4.78 is 6.29. The first-order valence-electron chi connectivity index (χ1n) is 8.46. The Kier molecular flexibility index (Phi) is 2.67. The number of furan rings is 1. The highest BCUT2D eigenvalue weighted by Crippen LogP contribution is 2.49. The zero-order chi connectivity index (χ0) is 16.4. The Labute approximate surface area is 141 Å². The van der Waals surface area contributed by atoms with Crippen LogP contribution in [0.1, 0.15) is 18.4 Å². The average molecular weight is 316 g/mol. The lowest BCUT2D eigenvalue weighted by molar-refractivity contribution is 0.244. The molecular weight excluding hydrogens is 296 g/mol. The molecule has 5 rings (SSSR count). The molecule has 0 amide bonds. The van der Waals surface area contributed by atoms with Gasteiger partial charge in [0, 0.05) is 42.1 Å². The summed E-state index contributed by atoms with van der Waals surface area (Å²) in [7, 11) is 2.14. The summed E-state index contributed by atoms with van der Waals surface area (Å²) >= 11 is 0. The summed E-state index contributed by atoms with van der Waals surface area (Å²) in [5.74, 6) is 0.776. The number of fused-ring (bicyclic) bond motifs is 7. The van der Waals surface area contributed by atoms with E-state index in [4.69, 9.17) is 4.42 Å². The number of anilines is 1. The SMILES string of the molecule is C=CC1c2ccc3c(oc4ccccc43)c2N2C=CN(C)C2C1C. The highest BCUT2D eigenvalue weighted by Gasteiger charge is 2.42. The lowest BCUT2D eigenvalue weighted by atomic mass is 9.79. The maximum Gasteiger partial charge on any atom is 0.159 e. The Balaban J connectivity index is 1.88. The molecule has 0 fully saturated rings. The van der Waals surface area contributed by atoms with Gasteiger partial charge in [0.15, 0.2) is 5.58 Å². The number of rotatable bonds is 1. The summed E-state index contributed by atoms with van der Waals surface area (Å²) in [6.45, 7) is 6.41. The fourth-order valence-electron chi connectivity index (χ4n) is 4.52. The van der Waals surface area contributed by atoms with E-state index in [-0.39, 0.29) is 0 Å². The fourth-order valence-corrected chi connectivity index (χ4v) is 4.52. The highest BCUT2D eigenvalue weighted by molar-refractivity contribution is 6.10. The van der Waals surface area contributed by atoms with Crippen molar-refractivity contribution in [3.05, 3.63) is 67.0 Å². The monoisotopic (exact) mass is 316 g/mol. The van der Waals surface area contributed by atoms with Gasteiger partial charge < -0.3 is 14.2 Å². The first kappa shape index (κ1) is 13.7. The minimum atomic E-state index is 0.305. The third-order valence-electron chi connectivity index (χ3n) is 5.62. The van der Waals surface area contributed by atoms with Crippen LogP contribution < -0.4 is 4.90 Å². The fraction of sp³-hybridized carbons (Fsp3) is 0.238. The molecule has 0 aliphatic carbocycles.